The van der Waals surface area contributed by atoms with E-state index in [0.717, 1.165) is 0 Å². The fourth-order valence-corrected chi connectivity index (χ4v) is 1.58. The Kier molecular flexibility index (Phi) is 1.50. The third kappa shape index (κ3) is 0.878. The van der Waals surface area contributed by atoms with Crippen LogP contribution in [0.5, 0.6) is 0 Å². The average molecular weight is 191 g/mol. The number of rotatable bonds is 1. The zero-order chi connectivity index (χ0) is 8.72. The first kappa shape index (κ1) is 7.48. The van der Waals surface area contributed by atoms with Gasteiger partial charge in [-0.3, -0.25) is 4.90 Å². The van der Waals surface area contributed by atoms with Gasteiger partial charge in [0.2, 0.25) is 0 Å². The summed E-state index contributed by atoms with van der Waals surface area (Å²) in [6, 6.07) is -0.498. The van der Waals surface area contributed by atoms with Gasteiger partial charge in [-0.25, -0.2) is 9.59 Å². The number of hydrogen-bond acceptors (Lipinski definition) is 2. The van der Waals surface area contributed by atoms with Crippen LogP contribution in [0.4, 0.5) is 9.59 Å². The SMILES string of the molecule is O=C1NC2NC(=O)N(CCl)C2N1. The highest BCUT2D eigenvalue weighted by molar-refractivity contribution is 6.18. The van der Waals surface area contributed by atoms with Crippen molar-refractivity contribution in [2.75, 3.05) is 6.00 Å². The predicted molar refractivity (Wildman–Crippen MR) is 40.3 cm³/mol. The molecule has 12 heavy (non-hydrogen) atoms. The van der Waals surface area contributed by atoms with E-state index >= 15 is 0 Å². The minimum Gasteiger partial charge on any atom is -0.314 e. The topological polar surface area (TPSA) is 73.5 Å². The predicted octanol–water partition coefficient (Wildman–Crippen LogP) is -0.827. The van der Waals surface area contributed by atoms with Crippen LogP contribution >= 0.6 is 11.6 Å². The highest BCUT2D eigenvalue weighted by Crippen LogP contribution is 2.13. The fraction of sp³-hybridized carbons (Fsp3) is 0.600. The van der Waals surface area contributed by atoms with E-state index < -0.39 is 0 Å². The number of fused-ring (bicyclic) bond motifs is 1. The van der Waals surface area contributed by atoms with Gasteiger partial charge in [-0.05, 0) is 0 Å². The summed E-state index contributed by atoms with van der Waals surface area (Å²) in [6.45, 7) is 0. The third-order valence-electron chi connectivity index (χ3n) is 1.89. The zero-order valence-electron chi connectivity index (χ0n) is 6.00. The van der Waals surface area contributed by atoms with Crippen LogP contribution < -0.4 is 16.0 Å². The summed E-state index contributed by atoms with van der Waals surface area (Å²) in [5, 5.41) is 7.64. The summed E-state index contributed by atoms with van der Waals surface area (Å²) in [7, 11) is 0. The van der Waals surface area contributed by atoms with Crippen molar-refractivity contribution >= 4 is 23.7 Å². The Bertz CT molecular complexity index is 246. The maximum Gasteiger partial charge on any atom is 0.321 e. The lowest BCUT2D eigenvalue weighted by molar-refractivity contribution is 0.206. The molecule has 3 N–H and O–H groups in total. The van der Waals surface area contributed by atoms with Crippen LogP contribution in [0.3, 0.4) is 0 Å². The third-order valence-corrected chi connectivity index (χ3v) is 2.14. The van der Waals surface area contributed by atoms with Crippen molar-refractivity contribution in [3.05, 3.63) is 0 Å². The molecule has 6 nitrogen and oxygen atoms in total. The molecule has 7 heteroatoms. The first-order valence-corrected chi connectivity index (χ1v) is 3.96. The monoisotopic (exact) mass is 190 g/mol. The smallest absolute Gasteiger partial charge is 0.314 e. The number of nitrogens with one attached hydrogen (secondary N) is 3. The van der Waals surface area contributed by atoms with Crippen LogP contribution in [0.25, 0.3) is 0 Å². The standard InChI is InChI=1S/C5H7ClN4O2/c6-1-10-3-2(8-5(10)12)7-4(11)9-3/h2-3H,1H2,(H,8,12)(H2,7,9,11). The van der Waals surface area contributed by atoms with Crippen LogP contribution in [0.1, 0.15) is 0 Å². The molecule has 2 atom stereocenters. The first-order chi connectivity index (χ1) is 5.72. The minimum absolute atomic E-state index is 0.0644. The Hall–Kier alpha value is -1.17. The number of nitrogens with zero attached hydrogens (tertiary/aromatic N) is 1. The van der Waals surface area contributed by atoms with Crippen molar-refractivity contribution < 1.29 is 9.59 Å². The molecule has 4 amide bonds. The van der Waals surface area contributed by atoms with E-state index in [4.69, 9.17) is 11.6 Å². The summed E-state index contributed by atoms with van der Waals surface area (Å²) in [5.41, 5.74) is 0. The molecule has 0 radical (unpaired) electrons. The van der Waals surface area contributed by atoms with E-state index in [1.807, 2.05) is 0 Å². The molecule has 0 bridgehead atoms. The lowest BCUT2D eigenvalue weighted by Gasteiger charge is -2.16. The summed E-state index contributed by atoms with van der Waals surface area (Å²) < 4.78 is 0. The molecule has 2 heterocycles. The Labute approximate surface area is 73.2 Å². The van der Waals surface area contributed by atoms with E-state index in [-0.39, 0.29) is 30.4 Å². The normalized spacial score (nSPS) is 32.6. The number of urea groups is 2. The molecule has 0 aromatic carbocycles. The summed E-state index contributed by atoms with van der Waals surface area (Å²) in [6.07, 6.45) is -0.716. The van der Waals surface area contributed by atoms with Crippen molar-refractivity contribution in [2.24, 2.45) is 0 Å². The Morgan fingerprint density at radius 2 is 2.08 bits per heavy atom. The van der Waals surface area contributed by atoms with Gasteiger partial charge < -0.3 is 16.0 Å². The van der Waals surface area contributed by atoms with Gasteiger partial charge >= 0.3 is 12.1 Å². The van der Waals surface area contributed by atoms with Gasteiger partial charge in [0.1, 0.15) is 12.3 Å². The molecule has 2 rings (SSSR count). The molecule has 0 aromatic rings. The van der Waals surface area contributed by atoms with Crippen LogP contribution in [0.15, 0.2) is 0 Å². The summed E-state index contributed by atoms with van der Waals surface area (Å²) in [4.78, 5) is 23.2. The fourth-order valence-electron chi connectivity index (χ4n) is 1.32. The second-order valence-electron chi connectivity index (χ2n) is 2.58. The lowest BCUT2D eigenvalue weighted by Crippen LogP contribution is -2.42. The second-order valence-corrected chi connectivity index (χ2v) is 2.82. The number of amides is 4. The average Bonchev–Trinajstić information content (AvgIpc) is 2.43. The number of hydrogen-bond donors (Lipinski definition) is 3. The molecule has 2 aliphatic rings. The van der Waals surface area contributed by atoms with Gasteiger partial charge in [0.25, 0.3) is 0 Å². The van der Waals surface area contributed by atoms with Crippen molar-refractivity contribution in [1.82, 2.24) is 20.9 Å². The summed E-state index contributed by atoms with van der Waals surface area (Å²) in [5.74, 6) is 0. The molecule has 66 valence electrons. The number of carbonyl (C=O) groups is 2. The molecule has 2 fully saturated rings. The van der Waals surface area contributed by atoms with E-state index in [1.165, 1.54) is 4.90 Å². The van der Waals surface area contributed by atoms with Gasteiger partial charge in [-0.1, -0.05) is 0 Å². The Balaban J connectivity index is 2.16. The van der Waals surface area contributed by atoms with E-state index in [9.17, 15) is 9.59 Å². The van der Waals surface area contributed by atoms with Gasteiger partial charge in [0.15, 0.2) is 0 Å². The van der Waals surface area contributed by atoms with Crippen molar-refractivity contribution in [3.8, 4) is 0 Å². The molecule has 2 aliphatic heterocycles. The van der Waals surface area contributed by atoms with Crippen LogP contribution in [-0.4, -0.2) is 35.3 Å². The molecule has 2 unspecified atom stereocenters. The van der Waals surface area contributed by atoms with E-state index in [2.05, 4.69) is 16.0 Å². The quantitative estimate of drug-likeness (QED) is 0.373. The van der Waals surface area contributed by atoms with Gasteiger partial charge in [-0.15, -0.1) is 11.6 Å². The number of halogens is 1. The minimum atomic E-state index is -0.359. The highest BCUT2D eigenvalue weighted by Gasteiger charge is 2.44. The first-order valence-electron chi connectivity index (χ1n) is 3.42. The van der Waals surface area contributed by atoms with Crippen LogP contribution in [0.2, 0.25) is 0 Å². The van der Waals surface area contributed by atoms with E-state index in [0.29, 0.717) is 0 Å². The van der Waals surface area contributed by atoms with Gasteiger partial charge in [0, 0.05) is 0 Å². The molecular formula is C5H7ClN4O2. The molecule has 0 spiro atoms. The molecule has 0 saturated carbocycles. The summed E-state index contributed by atoms with van der Waals surface area (Å²) >= 11 is 5.50. The maximum atomic E-state index is 11.1. The van der Waals surface area contributed by atoms with E-state index in [1.54, 1.807) is 0 Å². The Morgan fingerprint density at radius 3 is 2.75 bits per heavy atom. The van der Waals surface area contributed by atoms with Crippen LogP contribution in [-0.2, 0) is 0 Å². The van der Waals surface area contributed by atoms with Crippen molar-refractivity contribution in [2.45, 2.75) is 12.3 Å². The van der Waals surface area contributed by atoms with Crippen LogP contribution in [0, 0.1) is 0 Å². The largest absolute Gasteiger partial charge is 0.321 e. The molecule has 2 saturated heterocycles. The lowest BCUT2D eigenvalue weighted by atomic mass is 10.4. The van der Waals surface area contributed by atoms with Gasteiger partial charge in [-0.2, -0.15) is 0 Å². The Morgan fingerprint density at radius 1 is 1.33 bits per heavy atom. The number of alkyl halides is 1. The van der Waals surface area contributed by atoms with Crippen molar-refractivity contribution in [3.63, 3.8) is 0 Å². The molecule has 0 aromatic heterocycles. The number of carbonyl (C=O) groups excluding carboxylic acids is 2. The van der Waals surface area contributed by atoms with Gasteiger partial charge in [0.05, 0.1) is 6.00 Å². The second kappa shape index (κ2) is 2.41. The molecule has 0 aliphatic carbocycles. The maximum absolute atomic E-state index is 11.1. The van der Waals surface area contributed by atoms with Crippen molar-refractivity contribution in [1.29, 1.82) is 0 Å². The molecular weight excluding hydrogens is 184 g/mol. The highest BCUT2D eigenvalue weighted by atomic mass is 35.5. The zero-order valence-corrected chi connectivity index (χ0v) is 6.76.